The molecule has 1 aliphatic rings. The molecule has 3 nitrogen and oxygen atoms in total. The zero-order valence-corrected chi connectivity index (χ0v) is 13.4. The summed E-state index contributed by atoms with van der Waals surface area (Å²) in [5.41, 5.74) is 2.69. The Kier molecular flexibility index (Phi) is 5.67. The number of hydrogen-bond acceptors (Lipinski definition) is 3. The van der Waals surface area contributed by atoms with Crippen LogP contribution in [0.2, 0.25) is 0 Å². The monoisotopic (exact) mass is 326 g/mol. The van der Waals surface area contributed by atoms with Crippen molar-refractivity contribution >= 4 is 21.6 Å². The van der Waals surface area contributed by atoms with Gasteiger partial charge in [0.1, 0.15) is 0 Å². The fourth-order valence-electron chi connectivity index (χ4n) is 2.41. The summed E-state index contributed by atoms with van der Waals surface area (Å²) in [6.45, 7) is 2.52. The molecule has 0 bridgehead atoms. The van der Waals surface area contributed by atoms with E-state index in [1.165, 1.54) is 30.5 Å². The summed E-state index contributed by atoms with van der Waals surface area (Å²) in [5, 5.41) is 3.43. The average molecular weight is 327 g/mol. The van der Waals surface area contributed by atoms with Gasteiger partial charge in [0.25, 0.3) is 0 Å². The Morgan fingerprint density at radius 1 is 1.42 bits per heavy atom. The second kappa shape index (κ2) is 7.27. The average Bonchev–Trinajstić information content (AvgIpc) is 2.32. The number of nitrogens with one attached hydrogen (secondary N) is 1. The maximum Gasteiger partial charge on any atom is 0.0587 e. The summed E-state index contributed by atoms with van der Waals surface area (Å²) in [6, 6.07) is 7.28. The summed E-state index contributed by atoms with van der Waals surface area (Å²) in [4.78, 5) is 2.43. The first kappa shape index (κ1) is 14.8. The molecule has 0 spiro atoms. The van der Waals surface area contributed by atoms with Crippen molar-refractivity contribution in [3.8, 4) is 0 Å². The fraction of sp³-hybridized carbons (Fsp3) is 0.600. The van der Waals surface area contributed by atoms with E-state index in [1.54, 1.807) is 7.11 Å². The van der Waals surface area contributed by atoms with Crippen molar-refractivity contribution in [2.75, 3.05) is 32.2 Å². The minimum atomic E-state index is 0.721. The van der Waals surface area contributed by atoms with Crippen LogP contribution in [0.25, 0.3) is 0 Å². The van der Waals surface area contributed by atoms with Gasteiger partial charge in [0.05, 0.1) is 6.61 Å². The topological polar surface area (TPSA) is 24.5 Å². The molecule has 2 rings (SSSR count). The molecule has 0 saturated heterocycles. The summed E-state index contributed by atoms with van der Waals surface area (Å²) >= 11 is 3.57. The molecule has 1 aliphatic carbocycles. The van der Waals surface area contributed by atoms with Crippen molar-refractivity contribution in [3.63, 3.8) is 0 Å². The highest BCUT2D eigenvalue weighted by Gasteiger charge is 2.23. The number of halogens is 1. The normalized spacial score (nSPS) is 15.3. The van der Waals surface area contributed by atoms with Gasteiger partial charge in [-0.15, -0.1) is 0 Å². The van der Waals surface area contributed by atoms with Gasteiger partial charge < -0.3 is 15.0 Å². The van der Waals surface area contributed by atoms with Crippen LogP contribution in [-0.4, -0.2) is 33.4 Å². The van der Waals surface area contributed by atoms with Crippen LogP contribution in [0.15, 0.2) is 22.7 Å². The van der Waals surface area contributed by atoms with Gasteiger partial charge in [0.2, 0.25) is 0 Å². The van der Waals surface area contributed by atoms with E-state index in [1.807, 2.05) is 0 Å². The van der Waals surface area contributed by atoms with Crippen molar-refractivity contribution < 1.29 is 4.74 Å². The van der Waals surface area contributed by atoms with Crippen LogP contribution in [0.1, 0.15) is 24.8 Å². The third-order valence-corrected chi connectivity index (χ3v) is 4.34. The summed E-state index contributed by atoms with van der Waals surface area (Å²) in [5.74, 6) is 0. The number of nitrogens with zero attached hydrogens (tertiary/aromatic N) is 1. The molecule has 1 saturated carbocycles. The molecular weight excluding hydrogens is 304 g/mol. The molecule has 0 radical (unpaired) electrons. The van der Waals surface area contributed by atoms with E-state index >= 15 is 0 Å². The lowest BCUT2D eigenvalue weighted by atomic mass is 9.91. The summed E-state index contributed by atoms with van der Waals surface area (Å²) in [7, 11) is 3.95. The van der Waals surface area contributed by atoms with E-state index in [9.17, 15) is 0 Å². The Bertz CT molecular complexity index is 407. The first-order chi connectivity index (χ1) is 9.22. The third kappa shape index (κ3) is 3.94. The lowest BCUT2D eigenvalue weighted by Crippen LogP contribution is -2.38. The molecule has 1 aromatic carbocycles. The highest BCUT2D eigenvalue weighted by molar-refractivity contribution is 9.10. The van der Waals surface area contributed by atoms with E-state index in [2.05, 4.69) is 51.4 Å². The van der Waals surface area contributed by atoms with E-state index in [0.717, 1.165) is 30.2 Å². The molecule has 19 heavy (non-hydrogen) atoms. The van der Waals surface area contributed by atoms with Crippen LogP contribution in [0.5, 0.6) is 0 Å². The number of benzene rings is 1. The standard InChI is InChI=1S/C15H23BrN2O/c1-18(14-4-3-5-14)15-7-6-13(16)10-12(15)11-17-8-9-19-2/h6-7,10,14,17H,3-5,8-9,11H2,1-2H3. The largest absolute Gasteiger partial charge is 0.383 e. The van der Waals surface area contributed by atoms with Gasteiger partial charge >= 0.3 is 0 Å². The van der Waals surface area contributed by atoms with E-state index in [-0.39, 0.29) is 0 Å². The Morgan fingerprint density at radius 2 is 2.21 bits per heavy atom. The van der Waals surface area contributed by atoms with E-state index < -0.39 is 0 Å². The van der Waals surface area contributed by atoms with Gasteiger partial charge in [-0.25, -0.2) is 0 Å². The van der Waals surface area contributed by atoms with E-state index in [4.69, 9.17) is 4.74 Å². The van der Waals surface area contributed by atoms with Gasteiger partial charge in [-0.3, -0.25) is 0 Å². The second-order valence-corrected chi connectivity index (χ2v) is 6.05. The third-order valence-electron chi connectivity index (χ3n) is 3.84. The van der Waals surface area contributed by atoms with Gasteiger partial charge in [-0.05, 0) is 43.0 Å². The molecule has 1 aromatic rings. The lowest BCUT2D eigenvalue weighted by molar-refractivity contribution is 0.199. The maximum atomic E-state index is 5.06. The van der Waals surface area contributed by atoms with E-state index in [0.29, 0.717) is 0 Å². The lowest BCUT2D eigenvalue weighted by Gasteiger charge is -2.37. The van der Waals surface area contributed by atoms with Crippen molar-refractivity contribution in [3.05, 3.63) is 28.2 Å². The Morgan fingerprint density at radius 3 is 2.84 bits per heavy atom. The molecule has 0 heterocycles. The van der Waals surface area contributed by atoms with Gasteiger partial charge in [0, 0.05) is 43.4 Å². The minimum Gasteiger partial charge on any atom is -0.383 e. The SMILES string of the molecule is COCCNCc1cc(Br)ccc1N(C)C1CCC1. The highest BCUT2D eigenvalue weighted by atomic mass is 79.9. The maximum absolute atomic E-state index is 5.06. The quantitative estimate of drug-likeness (QED) is 0.779. The first-order valence-electron chi connectivity index (χ1n) is 6.93. The predicted octanol–water partition coefficient (Wildman–Crippen LogP) is 3.17. The van der Waals surface area contributed by atoms with Crippen LogP contribution in [-0.2, 0) is 11.3 Å². The van der Waals surface area contributed by atoms with Crippen LogP contribution >= 0.6 is 15.9 Å². The van der Waals surface area contributed by atoms with Crippen LogP contribution in [0.3, 0.4) is 0 Å². The number of anilines is 1. The number of hydrogen-bond donors (Lipinski definition) is 1. The molecule has 0 aliphatic heterocycles. The van der Waals surface area contributed by atoms with Crippen LogP contribution in [0.4, 0.5) is 5.69 Å². The molecule has 0 aromatic heterocycles. The van der Waals surface area contributed by atoms with Gasteiger partial charge in [0.15, 0.2) is 0 Å². The van der Waals surface area contributed by atoms with Crippen LogP contribution < -0.4 is 10.2 Å². The molecule has 4 heteroatoms. The Hall–Kier alpha value is -0.580. The number of rotatable bonds is 7. The van der Waals surface area contributed by atoms with Gasteiger partial charge in [-0.2, -0.15) is 0 Å². The van der Waals surface area contributed by atoms with Gasteiger partial charge in [-0.1, -0.05) is 15.9 Å². The predicted molar refractivity (Wildman–Crippen MR) is 83.8 cm³/mol. The molecule has 0 unspecified atom stereocenters. The van der Waals surface area contributed by atoms with Crippen molar-refractivity contribution in [1.82, 2.24) is 5.32 Å². The number of ether oxygens (including phenoxy) is 1. The van der Waals surface area contributed by atoms with Crippen LogP contribution in [0, 0.1) is 0 Å². The highest BCUT2D eigenvalue weighted by Crippen LogP contribution is 2.31. The second-order valence-electron chi connectivity index (χ2n) is 5.14. The molecule has 1 N–H and O–H groups in total. The minimum absolute atomic E-state index is 0.721. The van der Waals surface area contributed by atoms with Crippen molar-refractivity contribution in [2.45, 2.75) is 31.8 Å². The summed E-state index contributed by atoms with van der Waals surface area (Å²) in [6.07, 6.45) is 4.01. The fourth-order valence-corrected chi connectivity index (χ4v) is 2.82. The molecule has 106 valence electrons. The Balaban J connectivity index is 2.03. The van der Waals surface area contributed by atoms with Crippen molar-refractivity contribution in [2.24, 2.45) is 0 Å². The number of methoxy groups -OCH3 is 1. The summed E-state index contributed by atoms with van der Waals surface area (Å²) < 4.78 is 6.20. The van der Waals surface area contributed by atoms with Crippen molar-refractivity contribution in [1.29, 1.82) is 0 Å². The molecule has 0 atom stereocenters. The molecule has 1 fully saturated rings. The smallest absolute Gasteiger partial charge is 0.0587 e. The Labute approximate surface area is 124 Å². The molecule has 0 amide bonds. The molecular formula is C15H23BrN2O. The zero-order valence-electron chi connectivity index (χ0n) is 11.8. The zero-order chi connectivity index (χ0) is 13.7. The first-order valence-corrected chi connectivity index (χ1v) is 7.72.